The molecule has 19 heavy (non-hydrogen) atoms. The van der Waals surface area contributed by atoms with E-state index in [2.05, 4.69) is 15.0 Å². The number of hydrogen-bond acceptors (Lipinski definition) is 3. The summed E-state index contributed by atoms with van der Waals surface area (Å²) in [5.74, 6) is 1.78. The molecule has 2 unspecified atom stereocenters. The molecule has 1 N–H and O–H groups in total. The molecule has 2 aliphatic rings. The predicted molar refractivity (Wildman–Crippen MR) is 68.2 cm³/mol. The quantitative estimate of drug-likeness (QED) is 0.903. The lowest BCUT2D eigenvalue weighted by Crippen LogP contribution is -2.25. The van der Waals surface area contributed by atoms with E-state index in [1.54, 1.807) is 12.1 Å². The van der Waals surface area contributed by atoms with Crippen molar-refractivity contribution in [3.8, 4) is 5.75 Å². The van der Waals surface area contributed by atoms with Crippen molar-refractivity contribution in [3.05, 3.63) is 29.8 Å². The lowest BCUT2D eigenvalue weighted by atomic mass is 10.0. The number of hydrogen-bond donors (Lipinski definition) is 1. The molecule has 0 aliphatic carbocycles. The summed E-state index contributed by atoms with van der Waals surface area (Å²) < 4.78 is 28.4. The van der Waals surface area contributed by atoms with Crippen molar-refractivity contribution in [2.75, 3.05) is 26.2 Å². The molecule has 2 fully saturated rings. The molecule has 2 heterocycles. The first-order valence-electron chi connectivity index (χ1n) is 6.67. The van der Waals surface area contributed by atoms with Gasteiger partial charge in [0.1, 0.15) is 5.75 Å². The van der Waals surface area contributed by atoms with Crippen molar-refractivity contribution in [2.45, 2.75) is 13.2 Å². The van der Waals surface area contributed by atoms with E-state index in [0.29, 0.717) is 0 Å². The van der Waals surface area contributed by atoms with Crippen LogP contribution >= 0.6 is 0 Å². The smallest absolute Gasteiger partial charge is 0.387 e. The second-order valence-corrected chi connectivity index (χ2v) is 5.39. The van der Waals surface area contributed by atoms with E-state index < -0.39 is 6.61 Å². The Bertz CT molecular complexity index is 412. The normalized spacial score (nSPS) is 26.9. The van der Waals surface area contributed by atoms with Crippen molar-refractivity contribution < 1.29 is 13.5 Å². The highest BCUT2D eigenvalue weighted by atomic mass is 19.3. The molecular formula is C14H18F2N2O. The Morgan fingerprint density at radius 1 is 1.16 bits per heavy atom. The Labute approximate surface area is 111 Å². The molecule has 0 radical (unpaired) electrons. The van der Waals surface area contributed by atoms with Crippen LogP contribution in [0.5, 0.6) is 5.75 Å². The Kier molecular flexibility index (Phi) is 3.66. The van der Waals surface area contributed by atoms with Gasteiger partial charge < -0.3 is 10.1 Å². The summed E-state index contributed by atoms with van der Waals surface area (Å²) in [4.78, 5) is 2.44. The molecule has 3 rings (SSSR count). The van der Waals surface area contributed by atoms with Gasteiger partial charge in [0.25, 0.3) is 0 Å². The minimum Gasteiger partial charge on any atom is -0.435 e. The van der Waals surface area contributed by atoms with Crippen molar-refractivity contribution in [1.29, 1.82) is 0 Å². The summed E-state index contributed by atoms with van der Waals surface area (Å²) >= 11 is 0. The van der Waals surface area contributed by atoms with Gasteiger partial charge in [-0.05, 0) is 42.6 Å². The lowest BCUT2D eigenvalue weighted by Gasteiger charge is -2.17. The summed E-state index contributed by atoms with van der Waals surface area (Å²) in [7, 11) is 0. The van der Waals surface area contributed by atoms with E-state index in [-0.39, 0.29) is 5.75 Å². The molecule has 1 aromatic carbocycles. The van der Waals surface area contributed by atoms with Crippen LogP contribution in [0.3, 0.4) is 0 Å². The third-order valence-electron chi connectivity index (χ3n) is 4.02. The Morgan fingerprint density at radius 2 is 1.79 bits per heavy atom. The SMILES string of the molecule is FC(F)Oc1ccc(CN2CC3CNCC3C2)cc1. The number of likely N-dealkylation sites (tertiary alicyclic amines) is 1. The molecule has 2 atom stereocenters. The third kappa shape index (κ3) is 3.04. The zero-order valence-corrected chi connectivity index (χ0v) is 10.7. The van der Waals surface area contributed by atoms with Gasteiger partial charge in [-0.2, -0.15) is 8.78 Å². The first-order chi connectivity index (χ1) is 9.20. The first kappa shape index (κ1) is 12.8. The number of alkyl halides is 2. The molecular weight excluding hydrogens is 250 g/mol. The molecule has 2 saturated heterocycles. The van der Waals surface area contributed by atoms with Gasteiger partial charge in [-0.25, -0.2) is 0 Å². The fourth-order valence-electron chi connectivity index (χ4n) is 3.12. The van der Waals surface area contributed by atoms with Crippen molar-refractivity contribution in [3.63, 3.8) is 0 Å². The van der Waals surface area contributed by atoms with E-state index in [0.717, 1.165) is 50.1 Å². The average Bonchev–Trinajstić information content (AvgIpc) is 2.91. The maximum absolute atomic E-state index is 12.0. The van der Waals surface area contributed by atoms with Gasteiger partial charge in [0.15, 0.2) is 0 Å². The Hall–Kier alpha value is -1.20. The molecule has 0 aromatic heterocycles. The van der Waals surface area contributed by atoms with Crippen LogP contribution in [0.25, 0.3) is 0 Å². The van der Waals surface area contributed by atoms with Crippen molar-refractivity contribution in [2.24, 2.45) is 11.8 Å². The number of ether oxygens (including phenoxy) is 1. The van der Waals surface area contributed by atoms with Crippen LogP contribution in [0, 0.1) is 11.8 Å². The Balaban J connectivity index is 1.55. The van der Waals surface area contributed by atoms with Crippen LogP contribution in [0.2, 0.25) is 0 Å². The molecule has 3 nitrogen and oxygen atoms in total. The van der Waals surface area contributed by atoms with Gasteiger partial charge >= 0.3 is 6.61 Å². The maximum atomic E-state index is 12.0. The molecule has 0 bridgehead atoms. The average molecular weight is 268 g/mol. The van der Waals surface area contributed by atoms with E-state index >= 15 is 0 Å². The van der Waals surface area contributed by atoms with Crippen molar-refractivity contribution >= 4 is 0 Å². The fourth-order valence-corrected chi connectivity index (χ4v) is 3.12. The molecule has 1 aromatic rings. The maximum Gasteiger partial charge on any atom is 0.387 e. The number of rotatable bonds is 4. The minimum atomic E-state index is -2.75. The van der Waals surface area contributed by atoms with Gasteiger partial charge in [0, 0.05) is 19.6 Å². The van der Waals surface area contributed by atoms with E-state index in [9.17, 15) is 8.78 Å². The monoisotopic (exact) mass is 268 g/mol. The highest BCUT2D eigenvalue weighted by Gasteiger charge is 2.35. The lowest BCUT2D eigenvalue weighted by molar-refractivity contribution is -0.0498. The summed E-state index contributed by atoms with van der Waals surface area (Å²) in [6.07, 6.45) is 0. The number of nitrogens with zero attached hydrogens (tertiary/aromatic N) is 1. The highest BCUT2D eigenvalue weighted by Crippen LogP contribution is 2.27. The first-order valence-corrected chi connectivity index (χ1v) is 6.67. The molecule has 0 spiro atoms. The van der Waals surface area contributed by atoms with E-state index in [4.69, 9.17) is 0 Å². The second kappa shape index (κ2) is 5.43. The largest absolute Gasteiger partial charge is 0.435 e. The molecule has 2 aliphatic heterocycles. The van der Waals surface area contributed by atoms with Crippen LogP contribution in [-0.4, -0.2) is 37.7 Å². The van der Waals surface area contributed by atoms with Crippen LogP contribution in [-0.2, 0) is 6.54 Å². The van der Waals surface area contributed by atoms with Crippen molar-refractivity contribution in [1.82, 2.24) is 10.2 Å². The minimum absolute atomic E-state index is 0.223. The fraction of sp³-hybridized carbons (Fsp3) is 0.571. The second-order valence-electron chi connectivity index (χ2n) is 5.39. The topological polar surface area (TPSA) is 24.5 Å². The van der Waals surface area contributed by atoms with Gasteiger partial charge in [-0.3, -0.25) is 4.90 Å². The summed E-state index contributed by atoms with van der Waals surface area (Å²) in [5, 5.41) is 3.42. The summed E-state index contributed by atoms with van der Waals surface area (Å²) in [6.45, 7) is 2.66. The number of halogens is 2. The number of nitrogens with one attached hydrogen (secondary N) is 1. The third-order valence-corrected chi connectivity index (χ3v) is 4.02. The van der Waals surface area contributed by atoms with Crippen LogP contribution < -0.4 is 10.1 Å². The molecule has 0 saturated carbocycles. The Morgan fingerprint density at radius 3 is 2.37 bits per heavy atom. The number of benzene rings is 1. The summed E-state index contributed by atoms with van der Waals surface area (Å²) in [5.41, 5.74) is 1.15. The van der Waals surface area contributed by atoms with Crippen LogP contribution in [0.15, 0.2) is 24.3 Å². The van der Waals surface area contributed by atoms with Gasteiger partial charge in [0.05, 0.1) is 0 Å². The summed E-state index contributed by atoms with van der Waals surface area (Å²) in [6, 6.07) is 6.95. The predicted octanol–water partition coefficient (Wildman–Crippen LogP) is 1.94. The van der Waals surface area contributed by atoms with Gasteiger partial charge in [-0.15, -0.1) is 0 Å². The van der Waals surface area contributed by atoms with Crippen LogP contribution in [0.1, 0.15) is 5.56 Å². The molecule has 5 heteroatoms. The molecule has 0 amide bonds. The standard InChI is InChI=1S/C14H18F2N2O/c15-14(16)19-13-3-1-10(2-4-13)7-18-8-11-5-17-6-12(11)9-18/h1-4,11-12,14,17H,5-9H2. The highest BCUT2D eigenvalue weighted by molar-refractivity contribution is 5.27. The number of fused-ring (bicyclic) bond motifs is 1. The van der Waals surface area contributed by atoms with Crippen LogP contribution in [0.4, 0.5) is 8.78 Å². The zero-order valence-electron chi connectivity index (χ0n) is 10.7. The zero-order chi connectivity index (χ0) is 13.2. The van der Waals surface area contributed by atoms with E-state index in [1.165, 1.54) is 0 Å². The van der Waals surface area contributed by atoms with E-state index in [1.807, 2.05) is 12.1 Å². The molecule has 104 valence electrons. The van der Waals surface area contributed by atoms with Gasteiger partial charge in [0.2, 0.25) is 0 Å². The van der Waals surface area contributed by atoms with Gasteiger partial charge in [-0.1, -0.05) is 12.1 Å².